The maximum absolute atomic E-state index is 13.8. The van der Waals surface area contributed by atoms with Crippen LogP contribution >= 0.6 is 11.3 Å². The third-order valence-electron chi connectivity index (χ3n) is 5.71. The minimum atomic E-state index is -4.35. The molecular formula is C27H27N3O4S2. The van der Waals surface area contributed by atoms with Gasteiger partial charge in [-0.05, 0) is 41.7 Å². The summed E-state index contributed by atoms with van der Waals surface area (Å²) in [5, 5.41) is 6.03. The lowest BCUT2D eigenvalue weighted by molar-refractivity contribution is -0.122. The minimum absolute atomic E-state index is 0.129. The number of hydrogen-bond donors (Lipinski definition) is 3. The molecule has 9 heteroatoms. The van der Waals surface area contributed by atoms with Gasteiger partial charge in [0.05, 0.1) is 23.3 Å². The number of carbonyl (C=O) groups is 1. The highest BCUT2D eigenvalue weighted by Gasteiger charge is 2.27. The molecule has 4 rings (SSSR count). The quantitative estimate of drug-likeness (QED) is 0.250. The number of nitrogens with one attached hydrogen (secondary N) is 2. The molecule has 36 heavy (non-hydrogen) atoms. The maximum Gasteiger partial charge on any atom is 0.357 e. The predicted molar refractivity (Wildman–Crippen MR) is 142 cm³/mol. The number of aryl methyl sites for hydroxylation is 1. The second-order valence-electron chi connectivity index (χ2n) is 8.32. The first-order valence-electron chi connectivity index (χ1n) is 11.5. The Morgan fingerprint density at radius 2 is 1.53 bits per heavy atom. The molecule has 0 fully saturated rings. The molecule has 1 amide bonds. The molecule has 0 bridgehead atoms. The topological polar surface area (TPSA) is 108 Å². The maximum atomic E-state index is 13.8. The van der Waals surface area contributed by atoms with Gasteiger partial charge in [-0.25, -0.2) is 4.98 Å². The lowest BCUT2D eigenvalue weighted by Gasteiger charge is -2.23. The van der Waals surface area contributed by atoms with Crippen molar-refractivity contribution in [2.75, 3.05) is 4.72 Å². The average Bonchev–Trinajstić information content (AvgIpc) is 3.35. The lowest BCUT2D eigenvalue weighted by Crippen LogP contribution is -2.34. The molecule has 0 unspecified atom stereocenters. The van der Waals surface area contributed by atoms with Gasteiger partial charge in [-0.15, -0.1) is 11.3 Å². The van der Waals surface area contributed by atoms with E-state index in [2.05, 4.69) is 5.32 Å². The van der Waals surface area contributed by atoms with E-state index in [-0.39, 0.29) is 17.6 Å². The molecule has 3 aromatic carbocycles. The molecule has 3 N–H and O–H groups in total. The van der Waals surface area contributed by atoms with E-state index in [0.717, 1.165) is 33.8 Å². The van der Waals surface area contributed by atoms with Crippen LogP contribution < -0.4 is 10.0 Å². The zero-order valence-electron chi connectivity index (χ0n) is 19.7. The Hall–Kier alpha value is -3.53. The van der Waals surface area contributed by atoms with Crippen molar-refractivity contribution >= 4 is 33.2 Å². The monoisotopic (exact) mass is 521 g/mol. The molecule has 0 radical (unpaired) electrons. The van der Waals surface area contributed by atoms with Crippen molar-refractivity contribution in [3.8, 4) is 0 Å². The molecule has 186 valence electrons. The number of benzene rings is 3. The van der Waals surface area contributed by atoms with Gasteiger partial charge in [0.25, 0.3) is 0 Å². The van der Waals surface area contributed by atoms with Gasteiger partial charge in [-0.2, -0.15) is 8.42 Å². The highest BCUT2D eigenvalue weighted by atomic mass is 32.2. The van der Waals surface area contributed by atoms with E-state index in [9.17, 15) is 13.2 Å². The first-order valence-corrected chi connectivity index (χ1v) is 13.8. The second kappa shape index (κ2) is 11.5. The van der Waals surface area contributed by atoms with Crippen LogP contribution in [0.15, 0.2) is 90.3 Å². The fourth-order valence-corrected chi connectivity index (χ4v) is 5.37. The van der Waals surface area contributed by atoms with Gasteiger partial charge >= 0.3 is 10.3 Å². The Balaban J connectivity index is 1.62. The van der Waals surface area contributed by atoms with E-state index < -0.39 is 16.2 Å². The first kappa shape index (κ1) is 25.6. The molecular weight excluding hydrogens is 494 g/mol. The van der Waals surface area contributed by atoms with Crippen molar-refractivity contribution < 1.29 is 17.8 Å². The third-order valence-corrected chi connectivity index (χ3v) is 7.22. The molecule has 0 spiro atoms. The number of hydrogen-bond acceptors (Lipinski definition) is 5. The summed E-state index contributed by atoms with van der Waals surface area (Å²) in [4.78, 5) is 18.5. The Morgan fingerprint density at radius 1 is 0.944 bits per heavy atom. The summed E-state index contributed by atoms with van der Waals surface area (Å²) in [6.45, 7) is 2.04. The predicted octanol–water partition coefficient (Wildman–Crippen LogP) is 5.15. The Morgan fingerprint density at radius 3 is 2.03 bits per heavy atom. The zero-order chi connectivity index (χ0) is 25.5. The zero-order valence-corrected chi connectivity index (χ0v) is 21.3. The van der Waals surface area contributed by atoms with Gasteiger partial charge in [-0.1, -0.05) is 79.7 Å². The van der Waals surface area contributed by atoms with Crippen LogP contribution in [0.4, 0.5) is 5.69 Å². The van der Waals surface area contributed by atoms with E-state index in [0.29, 0.717) is 6.42 Å². The molecule has 0 aliphatic heterocycles. The summed E-state index contributed by atoms with van der Waals surface area (Å²) in [5.74, 6) is -0.614. The average molecular weight is 522 g/mol. The van der Waals surface area contributed by atoms with Gasteiger partial charge in [0.15, 0.2) is 0 Å². The van der Waals surface area contributed by atoms with Gasteiger partial charge in [0.1, 0.15) is 5.01 Å². The van der Waals surface area contributed by atoms with Crippen LogP contribution in [0.5, 0.6) is 0 Å². The van der Waals surface area contributed by atoms with Crippen LogP contribution in [0.1, 0.15) is 46.3 Å². The third kappa shape index (κ3) is 6.78. The summed E-state index contributed by atoms with van der Waals surface area (Å²) < 4.78 is 33.2. The van der Waals surface area contributed by atoms with E-state index in [1.807, 2.05) is 77.7 Å². The van der Waals surface area contributed by atoms with Gasteiger partial charge in [0.2, 0.25) is 5.91 Å². The van der Waals surface area contributed by atoms with Crippen molar-refractivity contribution in [2.24, 2.45) is 0 Å². The van der Waals surface area contributed by atoms with E-state index in [1.165, 1.54) is 11.3 Å². The van der Waals surface area contributed by atoms with Crippen molar-refractivity contribution in [2.45, 2.75) is 31.7 Å². The molecule has 0 saturated heterocycles. The number of amides is 1. The van der Waals surface area contributed by atoms with Crippen LogP contribution in [0, 0.1) is 0 Å². The normalized spacial score (nSPS) is 12.3. The fourth-order valence-electron chi connectivity index (χ4n) is 3.98. The summed E-state index contributed by atoms with van der Waals surface area (Å²) >= 11 is 1.51. The van der Waals surface area contributed by atoms with E-state index in [1.54, 1.807) is 24.3 Å². The van der Waals surface area contributed by atoms with Crippen molar-refractivity contribution in [1.82, 2.24) is 10.3 Å². The largest absolute Gasteiger partial charge is 0.357 e. The van der Waals surface area contributed by atoms with Gasteiger partial charge < -0.3 is 5.32 Å². The number of thiazole rings is 1. The van der Waals surface area contributed by atoms with Gasteiger partial charge in [0, 0.05) is 5.38 Å². The lowest BCUT2D eigenvalue weighted by atomic mass is 9.90. The summed E-state index contributed by atoms with van der Waals surface area (Å²) in [7, 11) is -4.35. The Labute approximate surface area is 215 Å². The fraction of sp³-hybridized carbons (Fsp3) is 0.185. The SMILES string of the molecule is CCc1csc([C@H](Cc2ccc(NS(=O)(=O)O)cc2)NC(=O)C(c2ccccc2)c2ccccc2)n1. The number of carbonyl (C=O) groups excluding carboxylic acids is 1. The number of aromatic nitrogens is 1. The van der Waals surface area contributed by atoms with Crippen molar-refractivity contribution in [1.29, 1.82) is 0 Å². The first-order chi connectivity index (χ1) is 17.3. The standard InChI is InChI=1S/C27H27N3O4S2/c1-2-22-18-35-27(28-22)24(17-19-13-15-23(16-14-19)30-36(32,33)34)29-26(31)25(20-9-5-3-6-10-20)21-11-7-4-8-12-21/h3-16,18,24-25,30H,2,17H2,1H3,(H,29,31)(H,32,33,34)/t24-/m0/s1. The molecule has 7 nitrogen and oxygen atoms in total. The smallest absolute Gasteiger partial charge is 0.346 e. The second-order valence-corrected chi connectivity index (χ2v) is 10.4. The van der Waals surface area contributed by atoms with Gasteiger partial charge in [-0.3, -0.25) is 14.1 Å². The summed E-state index contributed by atoms with van der Waals surface area (Å²) in [6, 6.07) is 25.6. The molecule has 1 atom stereocenters. The van der Waals surface area contributed by atoms with E-state index >= 15 is 0 Å². The van der Waals surface area contributed by atoms with Crippen LogP contribution in [0.3, 0.4) is 0 Å². The molecule has 1 heterocycles. The minimum Gasteiger partial charge on any atom is -0.346 e. The Kier molecular flexibility index (Phi) is 8.14. The van der Waals surface area contributed by atoms with Crippen molar-refractivity contribution in [3.05, 3.63) is 118 Å². The number of rotatable bonds is 10. The number of anilines is 1. The number of nitrogens with zero attached hydrogens (tertiary/aromatic N) is 1. The highest BCUT2D eigenvalue weighted by Crippen LogP contribution is 2.28. The molecule has 1 aromatic heterocycles. The molecule has 4 aromatic rings. The van der Waals surface area contributed by atoms with Crippen molar-refractivity contribution in [3.63, 3.8) is 0 Å². The van der Waals surface area contributed by atoms with E-state index in [4.69, 9.17) is 9.54 Å². The summed E-state index contributed by atoms with van der Waals surface area (Å²) in [5.41, 5.74) is 3.88. The molecule has 0 aliphatic rings. The highest BCUT2D eigenvalue weighted by molar-refractivity contribution is 7.87. The molecule has 0 saturated carbocycles. The molecule has 0 aliphatic carbocycles. The summed E-state index contributed by atoms with van der Waals surface area (Å²) in [6.07, 6.45) is 1.26. The van der Waals surface area contributed by atoms with Crippen LogP contribution in [-0.4, -0.2) is 23.9 Å². The van der Waals surface area contributed by atoms with Crippen LogP contribution in [0.2, 0.25) is 0 Å². The van der Waals surface area contributed by atoms with Crippen LogP contribution in [0.25, 0.3) is 0 Å². The van der Waals surface area contributed by atoms with Crippen LogP contribution in [-0.2, 0) is 27.9 Å². The Bertz CT molecular complexity index is 1350.